The number of nitrogens with one attached hydrogen (secondary N) is 1. The number of amides is 1. The molecule has 0 aromatic carbocycles. The van der Waals surface area contributed by atoms with E-state index < -0.39 is 45.6 Å². The van der Waals surface area contributed by atoms with E-state index >= 15 is 0 Å². The molecular formula is C25H26F4N4O5S. The second kappa shape index (κ2) is 10.5. The summed E-state index contributed by atoms with van der Waals surface area (Å²) >= 11 is 0. The Hall–Kier alpha value is -3.68. The summed E-state index contributed by atoms with van der Waals surface area (Å²) in [7, 11) is -3.13. The van der Waals surface area contributed by atoms with Gasteiger partial charge in [0.15, 0.2) is 18.1 Å². The minimum absolute atomic E-state index is 0.0252. The van der Waals surface area contributed by atoms with E-state index in [1.54, 1.807) is 13.0 Å². The van der Waals surface area contributed by atoms with Crippen LogP contribution in [0.25, 0.3) is 11.6 Å². The second-order valence-corrected chi connectivity index (χ2v) is 12.1. The molecule has 0 bridgehead atoms. The van der Waals surface area contributed by atoms with Gasteiger partial charge in [-0.15, -0.1) is 0 Å². The Kier molecular flexibility index (Phi) is 7.61. The number of carbonyl (C=O) groups excluding carboxylic acids is 1. The number of carbonyl (C=O) groups is 1. The van der Waals surface area contributed by atoms with E-state index in [0.29, 0.717) is 11.1 Å². The van der Waals surface area contributed by atoms with E-state index in [2.05, 4.69) is 20.1 Å². The first-order valence-electron chi connectivity index (χ1n) is 11.9. The van der Waals surface area contributed by atoms with E-state index in [4.69, 9.17) is 4.74 Å². The maximum absolute atomic E-state index is 13.6. The predicted octanol–water partition coefficient (Wildman–Crippen LogP) is 4.72. The monoisotopic (exact) mass is 570 g/mol. The van der Waals surface area contributed by atoms with Crippen molar-refractivity contribution in [1.82, 2.24) is 19.9 Å². The van der Waals surface area contributed by atoms with E-state index in [9.17, 15) is 30.8 Å². The lowest BCUT2D eigenvalue weighted by Crippen LogP contribution is -2.51. The van der Waals surface area contributed by atoms with Gasteiger partial charge in [-0.3, -0.25) is 4.79 Å². The van der Waals surface area contributed by atoms with Crippen molar-refractivity contribution in [3.8, 4) is 17.4 Å². The average molecular weight is 571 g/mol. The minimum atomic E-state index is -4.65. The van der Waals surface area contributed by atoms with Crippen molar-refractivity contribution in [2.75, 3.05) is 18.1 Å². The van der Waals surface area contributed by atoms with Crippen molar-refractivity contribution < 1.29 is 40.2 Å². The van der Waals surface area contributed by atoms with E-state index in [0.717, 1.165) is 17.8 Å². The molecule has 1 N–H and O–H groups in total. The third-order valence-electron chi connectivity index (χ3n) is 6.03. The lowest BCUT2D eigenvalue weighted by atomic mass is 9.94. The Labute approximate surface area is 221 Å². The molecule has 1 aliphatic heterocycles. The van der Waals surface area contributed by atoms with Crippen LogP contribution < -0.4 is 14.8 Å². The highest BCUT2D eigenvalue weighted by Gasteiger charge is 2.36. The van der Waals surface area contributed by atoms with Gasteiger partial charge < -0.3 is 14.8 Å². The highest BCUT2D eigenvalue weighted by molar-refractivity contribution is 7.91. The summed E-state index contributed by atoms with van der Waals surface area (Å²) in [6.07, 6.45) is -0.108. The molecule has 1 amide bonds. The molecule has 0 unspecified atom stereocenters. The number of fused-ring (bicyclic) bond motifs is 1. The molecule has 4 heterocycles. The highest BCUT2D eigenvalue weighted by Crippen LogP contribution is 2.33. The van der Waals surface area contributed by atoms with Gasteiger partial charge in [0.2, 0.25) is 0 Å². The van der Waals surface area contributed by atoms with E-state index in [1.807, 2.05) is 13.8 Å². The van der Waals surface area contributed by atoms with Crippen molar-refractivity contribution in [1.29, 1.82) is 0 Å². The molecule has 1 aliphatic rings. The number of ether oxygens (including phenoxy) is 2. The molecule has 3 aromatic heterocycles. The van der Waals surface area contributed by atoms with Crippen molar-refractivity contribution in [2.45, 2.75) is 45.3 Å². The van der Waals surface area contributed by atoms with Crippen LogP contribution in [0.4, 0.5) is 17.6 Å². The summed E-state index contributed by atoms with van der Waals surface area (Å²) < 4.78 is 87.0. The van der Waals surface area contributed by atoms with Crippen molar-refractivity contribution in [3.05, 3.63) is 53.2 Å². The first kappa shape index (κ1) is 28.3. The Morgan fingerprint density at radius 2 is 1.92 bits per heavy atom. The Balaban J connectivity index is 1.66. The molecule has 9 nitrogen and oxygen atoms in total. The maximum atomic E-state index is 13.6. The standard InChI is InChI=1S/C25H26F4N4O5S/c1-15(2)10-18-19-12-17(38-23-20(11-16(26)13-30-23)37-14-25(27,28)29)4-7-33(19)32-21(18)22(34)31-24(3)5-8-39(35,36)9-6-24/h4,7,10-13H,5-6,8-9,14H2,1-3H3,(H,31,34). The number of pyridine rings is 2. The Bertz CT molecular complexity index is 1530. The smallest absolute Gasteiger partial charge is 0.422 e. The normalized spacial score (nSPS) is 16.5. The number of hydrogen-bond donors (Lipinski definition) is 1. The van der Waals surface area contributed by atoms with Crippen LogP contribution in [0, 0.1) is 5.82 Å². The first-order chi connectivity index (χ1) is 18.1. The van der Waals surface area contributed by atoms with Gasteiger partial charge in [0, 0.05) is 29.4 Å². The third-order valence-corrected chi connectivity index (χ3v) is 7.68. The number of hydrogen-bond acceptors (Lipinski definition) is 7. The average Bonchev–Trinajstić information content (AvgIpc) is 3.18. The fourth-order valence-corrected chi connectivity index (χ4v) is 5.74. The molecule has 1 fully saturated rings. The number of halogens is 4. The van der Waals surface area contributed by atoms with Crippen LogP contribution in [0.5, 0.6) is 17.4 Å². The van der Waals surface area contributed by atoms with Crippen LogP contribution in [0.2, 0.25) is 0 Å². The van der Waals surface area contributed by atoms with Crippen LogP contribution in [0.15, 0.2) is 36.2 Å². The van der Waals surface area contributed by atoms with E-state index in [-0.39, 0.29) is 41.7 Å². The zero-order valence-corrected chi connectivity index (χ0v) is 22.1. The Morgan fingerprint density at radius 3 is 2.56 bits per heavy atom. The van der Waals surface area contributed by atoms with Crippen LogP contribution in [0.3, 0.4) is 0 Å². The van der Waals surface area contributed by atoms with Gasteiger partial charge in [0.05, 0.1) is 23.2 Å². The summed E-state index contributed by atoms with van der Waals surface area (Å²) in [5.74, 6) is -2.24. The molecule has 1 saturated heterocycles. The van der Waals surface area contributed by atoms with Gasteiger partial charge in [0.25, 0.3) is 11.8 Å². The van der Waals surface area contributed by atoms with E-state index in [1.165, 1.54) is 22.8 Å². The van der Waals surface area contributed by atoms with Crippen LogP contribution in [0.1, 0.15) is 49.7 Å². The zero-order valence-electron chi connectivity index (χ0n) is 21.3. The highest BCUT2D eigenvalue weighted by atomic mass is 32.2. The van der Waals surface area contributed by atoms with Gasteiger partial charge in [-0.05, 0) is 39.7 Å². The number of rotatable bonds is 7. The molecule has 14 heteroatoms. The zero-order chi connectivity index (χ0) is 28.6. The van der Waals surface area contributed by atoms with Gasteiger partial charge in [-0.2, -0.15) is 18.3 Å². The third kappa shape index (κ3) is 7.05. The van der Waals surface area contributed by atoms with Crippen molar-refractivity contribution in [3.63, 3.8) is 0 Å². The fraction of sp³-hybridized carbons (Fsp3) is 0.400. The van der Waals surface area contributed by atoms with Gasteiger partial charge >= 0.3 is 6.18 Å². The largest absolute Gasteiger partial charge is 0.478 e. The molecule has 0 aliphatic carbocycles. The topological polar surface area (TPSA) is 112 Å². The number of allylic oxidation sites excluding steroid dienone is 1. The predicted molar refractivity (Wildman–Crippen MR) is 134 cm³/mol. The molecule has 0 saturated carbocycles. The maximum Gasteiger partial charge on any atom is 0.422 e. The molecule has 3 aromatic rings. The Morgan fingerprint density at radius 1 is 1.23 bits per heavy atom. The molecule has 210 valence electrons. The summed E-state index contributed by atoms with van der Waals surface area (Å²) in [4.78, 5) is 17.0. The molecule has 4 rings (SSSR count). The molecule has 0 atom stereocenters. The van der Waals surface area contributed by atoms with Crippen molar-refractivity contribution >= 4 is 27.3 Å². The minimum Gasteiger partial charge on any atom is -0.478 e. The van der Waals surface area contributed by atoms with Crippen molar-refractivity contribution in [2.24, 2.45) is 0 Å². The summed E-state index contributed by atoms with van der Waals surface area (Å²) in [5.41, 5.74) is 1.11. The van der Waals surface area contributed by atoms with Gasteiger partial charge in [-0.25, -0.2) is 22.3 Å². The lowest BCUT2D eigenvalue weighted by molar-refractivity contribution is -0.153. The number of sulfone groups is 1. The van der Waals surface area contributed by atoms with Gasteiger partial charge in [0.1, 0.15) is 21.4 Å². The quantitative estimate of drug-likeness (QED) is 0.409. The van der Waals surface area contributed by atoms with Crippen LogP contribution >= 0.6 is 0 Å². The number of nitrogens with zero attached hydrogens (tertiary/aromatic N) is 3. The van der Waals surface area contributed by atoms with Crippen LogP contribution in [-0.4, -0.2) is 58.8 Å². The summed E-state index contributed by atoms with van der Waals surface area (Å²) in [6, 6.07) is 3.69. The summed E-state index contributed by atoms with van der Waals surface area (Å²) in [6.45, 7) is 3.78. The summed E-state index contributed by atoms with van der Waals surface area (Å²) in [5, 5.41) is 7.32. The second-order valence-electron chi connectivity index (χ2n) is 9.81. The fourth-order valence-electron chi connectivity index (χ4n) is 4.01. The lowest BCUT2D eigenvalue weighted by Gasteiger charge is -2.34. The first-order valence-corrected chi connectivity index (χ1v) is 13.7. The number of aromatic nitrogens is 3. The molecule has 39 heavy (non-hydrogen) atoms. The van der Waals surface area contributed by atoms with Gasteiger partial charge in [-0.1, -0.05) is 11.6 Å². The molecule has 0 spiro atoms. The van der Waals surface area contributed by atoms with Crippen LogP contribution in [-0.2, 0) is 9.84 Å². The number of alkyl halides is 3. The molecular weight excluding hydrogens is 544 g/mol. The SMILES string of the molecule is CC(C)=Cc1c(C(=O)NC2(C)CCS(=O)(=O)CC2)nn2ccc(Oc3ncc(F)cc3OCC(F)(F)F)cc12. The molecule has 0 radical (unpaired) electrons.